The van der Waals surface area contributed by atoms with E-state index in [4.69, 9.17) is 21.3 Å². The van der Waals surface area contributed by atoms with E-state index < -0.39 is 0 Å². The summed E-state index contributed by atoms with van der Waals surface area (Å²) >= 11 is 6.04. The van der Waals surface area contributed by atoms with Crippen LogP contribution in [0.15, 0.2) is 48.7 Å². The molecule has 1 saturated heterocycles. The number of likely N-dealkylation sites (N-methyl/N-ethyl adjacent to an activating group) is 1. The van der Waals surface area contributed by atoms with Gasteiger partial charge in [-0.2, -0.15) is 0 Å². The average molecular weight is 492 g/mol. The SMILES string of the molecule is Cc1ncc(Cc2ccc(Cl)cc2)c([C@H]2CCCN2C(=O)Nc2ccc3c(c2)N(C)C(=O)CO3)n1. The molecule has 35 heavy (non-hydrogen) atoms. The predicted octanol–water partition coefficient (Wildman–Crippen LogP) is 4.75. The van der Waals surface area contributed by atoms with Crippen molar-refractivity contribution in [2.75, 3.05) is 30.4 Å². The molecule has 0 radical (unpaired) electrons. The van der Waals surface area contributed by atoms with Gasteiger partial charge in [-0.3, -0.25) is 4.79 Å². The lowest BCUT2D eigenvalue weighted by Crippen LogP contribution is -2.36. The molecular formula is C26H26ClN5O3. The molecule has 2 aromatic carbocycles. The van der Waals surface area contributed by atoms with Gasteiger partial charge in [-0.1, -0.05) is 23.7 Å². The van der Waals surface area contributed by atoms with Crippen LogP contribution in [-0.4, -0.2) is 47.0 Å². The molecule has 1 N–H and O–H groups in total. The van der Waals surface area contributed by atoms with E-state index in [0.717, 1.165) is 29.7 Å². The van der Waals surface area contributed by atoms with Gasteiger partial charge in [-0.05, 0) is 61.2 Å². The van der Waals surface area contributed by atoms with Gasteiger partial charge in [0.15, 0.2) is 6.61 Å². The predicted molar refractivity (Wildman–Crippen MR) is 134 cm³/mol. The Morgan fingerprint density at radius 3 is 2.83 bits per heavy atom. The van der Waals surface area contributed by atoms with E-state index in [-0.39, 0.29) is 24.6 Å². The Morgan fingerprint density at radius 2 is 2.03 bits per heavy atom. The molecule has 0 bridgehead atoms. The van der Waals surface area contributed by atoms with Crippen LogP contribution in [0.2, 0.25) is 5.02 Å². The van der Waals surface area contributed by atoms with Crippen molar-refractivity contribution in [3.63, 3.8) is 0 Å². The first kappa shape index (κ1) is 23.1. The molecule has 1 fully saturated rings. The van der Waals surface area contributed by atoms with Gasteiger partial charge in [-0.25, -0.2) is 14.8 Å². The van der Waals surface area contributed by atoms with Crippen LogP contribution in [0.25, 0.3) is 0 Å². The lowest BCUT2D eigenvalue weighted by molar-refractivity contribution is -0.120. The van der Waals surface area contributed by atoms with Crippen molar-refractivity contribution in [1.82, 2.24) is 14.9 Å². The Balaban J connectivity index is 1.38. The normalized spacial score (nSPS) is 17.2. The van der Waals surface area contributed by atoms with Crippen LogP contribution in [0.5, 0.6) is 5.75 Å². The standard InChI is InChI=1S/C26H26ClN5O3/c1-16-28-14-18(12-17-5-7-19(27)8-6-17)25(29-16)21-4-3-11-32(21)26(34)30-20-9-10-23-22(13-20)31(2)24(33)15-35-23/h5-10,13-14,21H,3-4,11-12,15H2,1-2H3,(H,30,34)/t21-/m1/s1. The molecule has 1 atom stereocenters. The number of hydrogen-bond acceptors (Lipinski definition) is 5. The zero-order chi connectivity index (χ0) is 24.5. The molecule has 0 saturated carbocycles. The Morgan fingerprint density at radius 1 is 1.23 bits per heavy atom. The highest BCUT2D eigenvalue weighted by atomic mass is 35.5. The summed E-state index contributed by atoms with van der Waals surface area (Å²) in [6, 6.07) is 12.7. The van der Waals surface area contributed by atoms with E-state index in [1.807, 2.05) is 42.3 Å². The maximum absolute atomic E-state index is 13.3. The lowest BCUT2D eigenvalue weighted by atomic mass is 10.00. The zero-order valence-corrected chi connectivity index (χ0v) is 20.4. The summed E-state index contributed by atoms with van der Waals surface area (Å²) in [7, 11) is 1.70. The monoisotopic (exact) mass is 491 g/mol. The van der Waals surface area contributed by atoms with Crippen LogP contribution in [-0.2, 0) is 11.2 Å². The number of fused-ring (bicyclic) bond motifs is 1. The summed E-state index contributed by atoms with van der Waals surface area (Å²) in [5.74, 6) is 1.16. The fraction of sp³-hybridized carbons (Fsp3) is 0.308. The third-order valence-corrected chi connectivity index (χ3v) is 6.70. The van der Waals surface area contributed by atoms with Crippen LogP contribution in [0.3, 0.4) is 0 Å². The quantitative estimate of drug-likeness (QED) is 0.569. The number of benzene rings is 2. The number of hydrogen-bond donors (Lipinski definition) is 1. The van der Waals surface area contributed by atoms with Gasteiger partial charge in [0.05, 0.1) is 17.4 Å². The van der Waals surface area contributed by atoms with Crippen molar-refractivity contribution in [1.29, 1.82) is 0 Å². The Hall–Kier alpha value is -3.65. The third-order valence-electron chi connectivity index (χ3n) is 6.45. The molecule has 3 aromatic rings. The number of nitrogens with zero attached hydrogens (tertiary/aromatic N) is 4. The van der Waals surface area contributed by atoms with Gasteiger partial charge in [-0.15, -0.1) is 0 Å². The van der Waals surface area contributed by atoms with E-state index >= 15 is 0 Å². The van der Waals surface area contributed by atoms with E-state index in [2.05, 4.69) is 10.3 Å². The lowest BCUT2D eigenvalue weighted by Gasteiger charge is -2.28. The first-order valence-corrected chi connectivity index (χ1v) is 11.9. The number of aryl methyl sites for hydroxylation is 1. The smallest absolute Gasteiger partial charge is 0.322 e. The first-order valence-electron chi connectivity index (χ1n) is 11.6. The zero-order valence-electron chi connectivity index (χ0n) is 19.6. The molecule has 8 nitrogen and oxygen atoms in total. The topological polar surface area (TPSA) is 87.7 Å². The number of carbonyl (C=O) groups excluding carboxylic acids is 2. The number of rotatable bonds is 4. The molecule has 9 heteroatoms. The number of urea groups is 1. The van der Waals surface area contributed by atoms with Crippen LogP contribution in [0.4, 0.5) is 16.2 Å². The van der Waals surface area contributed by atoms with E-state index in [1.54, 1.807) is 30.1 Å². The highest BCUT2D eigenvalue weighted by Crippen LogP contribution is 2.36. The summed E-state index contributed by atoms with van der Waals surface area (Å²) in [6.45, 7) is 2.51. The fourth-order valence-electron chi connectivity index (χ4n) is 4.60. The van der Waals surface area contributed by atoms with E-state index in [9.17, 15) is 9.59 Å². The van der Waals surface area contributed by atoms with Crippen molar-refractivity contribution in [2.45, 2.75) is 32.2 Å². The first-order chi connectivity index (χ1) is 16.9. The molecule has 0 spiro atoms. The van der Waals surface area contributed by atoms with Crippen LogP contribution in [0.1, 0.15) is 41.5 Å². The summed E-state index contributed by atoms with van der Waals surface area (Å²) in [6.07, 6.45) is 4.23. The number of ether oxygens (including phenoxy) is 1. The summed E-state index contributed by atoms with van der Waals surface area (Å²) in [5.41, 5.74) is 4.21. The van der Waals surface area contributed by atoms with Crippen molar-refractivity contribution in [2.24, 2.45) is 0 Å². The molecule has 2 aliphatic rings. The average Bonchev–Trinajstić information content (AvgIpc) is 3.34. The van der Waals surface area contributed by atoms with Crippen molar-refractivity contribution < 1.29 is 14.3 Å². The van der Waals surface area contributed by atoms with Crippen molar-refractivity contribution >= 4 is 34.9 Å². The molecule has 2 aliphatic heterocycles. The Kier molecular flexibility index (Phi) is 6.30. The highest BCUT2D eigenvalue weighted by Gasteiger charge is 2.33. The maximum Gasteiger partial charge on any atom is 0.322 e. The number of anilines is 2. The van der Waals surface area contributed by atoms with Crippen LogP contribution < -0.4 is 15.0 Å². The molecular weight excluding hydrogens is 466 g/mol. The van der Waals surface area contributed by atoms with E-state index in [1.165, 1.54) is 0 Å². The minimum atomic E-state index is -0.202. The number of amides is 3. The maximum atomic E-state index is 13.3. The summed E-state index contributed by atoms with van der Waals surface area (Å²) < 4.78 is 5.48. The van der Waals surface area contributed by atoms with Crippen molar-refractivity contribution in [3.8, 4) is 5.75 Å². The second kappa shape index (κ2) is 9.54. The number of carbonyl (C=O) groups is 2. The number of aromatic nitrogens is 2. The van der Waals surface area contributed by atoms with Crippen LogP contribution >= 0.6 is 11.6 Å². The largest absolute Gasteiger partial charge is 0.482 e. The second-order valence-electron chi connectivity index (χ2n) is 8.84. The second-order valence-corrected chi connectivity index (χ2v) is 9.27. The molecule has 5 rings (SSSR count). The van der Waals surface area contributed by atoms with Gasteiger partial charge in [0, 0.05) is 36.9 Å². The minimum absolute atomic E-state index is 0.0152. The number of nitrogens with one attached hydrogen (secondary N) is 1. The molecule has 1 aromatic heterocycles. The highest BCUT2D eigenvalue weighted by molar-refractivity contribution is 6.30. The van der Waals surface area contributed by atoms with Gasteiger partial charge in [0.1, 0.15) is 11.6 Å². The van der Waals surface area contributed by atoms with Crippen molar-refractivity contribution in [3.05, 3.63) is 76.3 Å². The number of likely N-dealkylation sites (tertiary alicyclic amines) is 1. The van der Waals surface area contributed by atoms with Gasteiger partial charge < -0.3 is 19.9 Å². The molecule has 180 valence electrons. The minimum Gasteiger partial charge on any atom is -0.482 e. The molecule has 3 heterocycles. The third kappa shape index (κ3) is 4.79. The van der Waals surface area contributed by atoms with Gasteiger partial charge in [0.2, 0.25) is 0 Å². The number of halogens is 1. The van der Waals surface area contributed by atoms with Crippen LogP contribution in [0, 0.1) is 6.92 Å². The summed E-state index contributed by atoms with van der Waals surface area (Å²) in [5, 5.41) is 3.69. The Bertz CT molecular complexity index is 1280. The molecule has 0 unspecified atom stereocenters. The van der Waals surface area contributed by atoms with Gasteiger partial charge >= 0.3 is 6.03 Å². The molecule has 3 amide bonds. The summed E-state index contributed by atoms with van der Waals surface area (Å²) in [4.78, 5) is 37.9. The van der Waals surface area contributed by atoms with E-state index in [0.29, 0.717) is 40.9 Å². The Labute approximate surface area is 208 Å². The fourth-order valence-corrected chi connectivity index (χ4v) is 4.72. The molecule has 0 aliphatic carbocycles. The van der Waals surface area contributed by atoms with Gasteiger partial charge in [0.25, 0.3) is 5.91 Å².